The number of aromatic carboxylic acids is 1. The maximum atomic E-state index is 13.7. The van der Waals surface area contributed by atoms with E-state index >= 15 is 0 Å². The summed E-state index contributed by atoms with van der Waals surface area (Å²) in [5.41, 5.74) is -0.333. The number of hydrogen-bond acceptors (Lipinski definition) is 4. The standard InChI is InChI=1S/C12H14FNO4S/c13-10-5-1-4-9(12(15)16)11(10)14-8-3-2-6-19(17,18)7-8/h1,4-5,8,14H,2-3,6-7H2,(H,15,16). The molecule has 2 N–H and O–H groups in total. The fourth-order valence-electron chi connectivity index (χ4n) is 2.19. The molecule has 7 heteroatoms. The fourth-order valence-corrected chi connectivity index (χ4v) is 3.83. The van der Waals surface area contributed by atoms with E-state index in [4.69, 9.17) is 5.11 Å². The second-order valence-electron chi connectivity index (χ2n) is 4.57. The highest BCUT2D eigenvalue weighted by Gasteiger charge is 2.26. The number of benzene rings is 1. The molecule has 1 aromatic rings. The number of carbonyl (C=O) groups is 1. The van der Waals surface area contributed by atoms with E-state index in [0.29, 0.717) is 12.8 Å². The normalized spacial score (nSPS) is 21.8. The zero-order valence-electron chi connectivity index (χ0n) is 10.1. The first-order chi connectivity index (χ1) is 8.89. The third-order valence-corrected chi connectivity index (χ3v) is 4.88. The van der Waals surface area contributed by atoms with E-state index in [-0.39, 0.29) is 22.8 Å². The molecule has 0 bridgehead atoms. The molecule has 1 unspecified atom stereocenters. The van der Waals surface area contributed by atoms with Crippen LogP contribution in [0.4, 0.5) is 10.1 Å². The number of rotatable bonds is 3. The Kier molecular flexibility index (Phi) is 3.75. The van der Waals surface area contributed by atoms with Gasteiger partial charge in [-0.2, -0.15) is 0 Å². The van der Waals surface area contributed by atoms with Gasteiger partial charge in [0, 0.05) is 6.04 Å². The van der Waals surface area contributed by atoms with Crippen molar-refractivity contribution < 1.29 is 22.7 Å². The summed E-state index contributed by atoms with van der Waals surface area (Å²) in [6.07, 6.45) is 1.07. The third kappa shape index (κ3) is 3.23. The Balaban J connectivity index is 2.26. The predicted octanol–water partition coefficient (Wildman–Crippen LogP) is 1.51. The fraction of sp³-hybridized carbons (Fsp3) is 0.417. The minimum atomic E-state index is -3.13. The van der Waals surface area contributed by atoms with Crippen LogP contribution in [-0.4, -0.2) is 37.0 Å². The Labute approximate surface area is 110 Å². The number of hydrogen-bond donors (Lipinski definition) is 2. The van der Waals surface area contributed by atoms with Crippen LogP contribution in [0.15, 0.2) is 18.2 Å². The summed E-state index contributed by atoms with van der Waals surface area (Å²) in [5, 5.41) is 11.7. The van der Waals surface area contributed by atoms with Crippen molar-refractivity contribution in [1.29, 1.82) is 0 Å². The van der Waals surface area contributed by atoms with Gasteiger partial charge in [-0.15, -0.1) is 0 Å². The second-order valence-corrected chi connectivity index (χ2v) is 6.79. The molecule has 5 nitrogen and oxygen atoms in total. The number of halogens is 1. The van der Waals surface area contributed by atoms with Gasteiger partial charge in [-0.05, 0) is 25.0 Å². The SMILES string of the molecule is O=C(O)c1cccc(F)c1NC1CCCS(=O)(=O)C1. The zero-order valence-corrected chi connectivity index (χ0v) is 10.9. The predicted molar refractivity (Wildman–Crippen MR) is 68.7 cm³/mol. The summed E-state index contributed by atoms with van der Waals surface area (Å²) in [6.45, 7) is 0. The molecular weight excluding hydrogens is 273 g/mol. The molecule has 0 amide bonds. The molecule has 1 saturated heterocycles. The highest BCUT2D eigenvalue weighted by molar-refractivity contribution is 7.91. The van der Waals surface area contributed by atoms with Crippen molar-refractivity contribution in [2.75, 3.05) is 16.8 Å². The van der Waals surface area contributed by atoms with E-state index in [9.17, 15) is 17.6 Å². The van der Waals surface area contributed by atoms with Crippen molar-refractivity contribution >= 4 is 21.5 Å². The average Bonchev–Trinajstić information content (AvgIpc) is 2.30. The van der Waals surface area contributed by atoms with Gasteiger partial charge < -0.3 is 10.4 Å². The van der Waals surface area contributed by atoms with Crippen LogP contribution in [0.5, 0.6) is 0 Å². The summed E-state index contributed by atoms with van der Waals surface area (Å²) < 4.78 is 36.7. The number of anilines is 1. The topological polar surface area (TPSA) is 83.5 Å². The maximum absolute atomic E-state index is 13.7. The van der Waals surface area contributed by atoms with Crippen LogP contribution in [0, 0.1) is 5.82 Å². The molecule has 1 aliphatic heterocycles. The van der Waals surface area contributed by atoms with Gasteiger partial charge in [0.25, 0.3) is 0 Å². The van der Waals surface area contributed by atoms with E-state index in [2.05, 4.69) is 5.32 Å². The van der Waals surface area contributed by atoms with Crippen LogP contribution < -0.4 is 5.32 Å². The lowest BCUT2D eigenvalue weighted by Gasteiger charge is -2.24. The van der Waals surface area contributed by atoms with E-state index in [1.165, 1.54) is 12.1 Å². The highest BCUT2D eigenvalue weighted by Crippen LogP contribution is 2.24. The van der Waals surface area contributed by atoms with Gasteiger partial charge in [0.2, 0.25) is 0 Å². The van der Waals surface area contributed by atoms with Gasteiger partial charge in [-0.1, -0.05) is 6.07 Å². The molecule has 0 aromatic heterocycles. The van der Waals surface area contributed by atoms with Crippen LogP contribution in [0.25, 0.3) is 0 Å². The summed E-state index contributed by atoms with van der Waals surface area (Å²) in [6, 6.07) is 3.28. The lowest BCUT2D eigenvalue weighted by atomic mass is 10.1. The molecule has 1 atom stereocenters. The van der Waals surface area contributed by atoms with E-state index < -0.39 is 27.7 Å². The van der Waals surface area contributed by atoms with Crippen molar-refractivity contribution in [3.05, 3.63) is 29.6 Å². The molecule has 1 aliphatic rings. The number of carboxylic acid groups (broad SMARTS) is 1. The van der Waals surface area contributed by atoms with Crippen LogP contribution in [0.3, 0.4) is 0 Å². The molecular formula is C12H14FNO4S. The largest absolute Gasteiger partial charge is 0.478 e. The Morgan fingerprint density at radius 3 is 2.79 bits per heavy atom. The Morgan fingerprint density at radius 1 is 1.42 bits per heavy atom. The van der Waals surface area contributed by atoms with Crippen molar-refractivity contribution in [3.63, 3.8) is 0 Å². The van der Waals surface area contributed by atoms with Crippen molar-refractivity contribution in [2.45, 2.75) is 18.9 Å². The van der Waals surface area contributed by atoms with Gasteiger partial charge in [-0.25, -0.2) is 17.6 Å². The molecule has 2 rings (SSSR count). The molecule has 1 heterocycles. The molecule has 0 radical (unpaired) electrons. The van der Waals surface area contributed by atoms with Crippen LogP contribution in [0.2, 0.25) is 0 Å². The zero-order chi connectivity index (χ0) is 14.0. The van der Waals surface area contributed by atoms with Gasteiger partial charge in [-0.3, -0.25) is 0 Å². The molecule has 0 saturated carbocycles. The van der Waals surface area contributed by atoms with E-state index in [1.54, 1.807) is 0 Å². The monoisotopic (exact) mass is 287 g/mol. The van der Waals surface area contributed by atoms with Crippen LogP contribution >= 0.6 is 0 Å². The maximum Gasteiger partial charge on any atom is 0.337 e. The summed E-state index contributed by atoms with van der Waals surface area (Å²) >= 11 is 0. The molecule has 104 valence electrons. The van der Waals surface area contributed by atoms with E-state index in [0.717, 1.165) is 6.07 Å². The van der Waals surface area contributed by atoms with Gasteiger partial charge in [0.05, 0.1) is 22.8 Å². The van der Waals surface area contributed by atoms with Crippen molar-refractivity contribution in [1.82, 2.24) is 0 Å². The van der Waals surface area contributed by atoms with E-state index in [1.807, 2.05) is 0 Å². The smallest absolute Gasteiger partial charge is 0.337 e. The van der Waals surface area contributed by atoms with Crippen LogP contribution in [-0.2, 0) is 9.84 Å². The molecule has 0 spiro atoms. The first-order valence-corrected chi connectivity index (χ1v) is 7.70. The summed E-state index contributed by atoms with van der Waals surface area (Å²) in [5.74, 6) is -1.90. The highest BCUT2D eigenvalue weighted by atomic mass is 32.2. The lowest BCUT2D eigenvalue weighted by Crippen LogP contribution is -2.35. The summed E-state index contributed by atoms with van der Waals surface area (Å²) in [4.78, 5) is 11.0. The van der Waals surface area contributed by atoms with Crippen LogP contribution in [0.1, 0.15) is 23.2 Å². The first-order valence-electron chi connectivity index (χ1n) is 5.88. The summed E-state index contributed by atoms with van der Waals surface area (Å²) in [7, 11) is -3.13. The Bertz CT molecular complexity index is 600. The Morgan fingerprint density at radius 2 is 2.16 bits per heavy atom. The number of carboxylic acids is 1. The van der Waals surface area contributed by atoms with Gasteiger partial charge >= 0.3 is 5.97 Å². The third-order valence-electron chi connectivity index (χ3n) is 3.06. The lowest BCUT2D eigenvalue weighted by molar-refractivity contribution is 0.0697. The number of sulfone groups is 1. The van der Waals surface area contributed by atoms with Gasteiger partial charge in [0.1, 0.15) is 5.82 Å². The molecule has 0 aliphatic carbocycles. The Hall–Kier alpha value is -1.63. The van der Waals surface area contributed by atoms with Crippen molar-refractivity contribution in [2.24, 2.45) is 0 Å². The second kappa shape index (κ2) is 5.16. The van der Waals surface area contributed by atoms with Crippen molar-refractivity contribution in [3.8, 4) is 0 Å². The minimum absolute atomic E-state index is 0.0968. The number of nitrogens with one attached hydrogen (secondary N) is 1. The quantitative estimate of drug-likeness (QED) is 0.880. The molecule has 1 aromatic carbocycles. The molecule has 1 fully saturated rings. The van der Waals surface area contributed by atoms with Gasteiger partial charge in [0.15, 0.2) is 9.84 Å². The molecule has 19 heavy (non-hydrogen) atoms. The first kappa shape index (κ1) is 13.8. The number of para-hydroxylation sites is 1. The average molecular weight is 287 g/mol. The minimum Gasteiger partial charge on any atom is -0.478 e.